The van der Waals surface area contributed by atoms with Crippen LogP contribution in [0.1, 0.15) is 57.7 Å². The molecule has 1 aliphatic rings. The first-order valence-electron chi connectivity index (χ1n) is 10.3. The molecule has 0 saturated carbocycles. The van der Waals surface area contributed by atoms with Crippen LogP contribution in [0.4, 0.5) is 16.2 Å². The minimum atomic E-state index is -0.569. The Morgan fingerprint density at radius 3 is 2.43 bits per heavy atom. The van der Waals surface area contributed by atoms with Gasteiger partial charge < -0.3 is 14.4 Å². The van der Waals surface area contributed by atoms with Crippen molar-refractivity contribution in [3.63, 3.8) is 0 Å². The molecule has 0 fully saturated rings. The highest BCUT2D eigenvalue weighted by Gasteiger charge is 2.39. The van der Waals surface area contributed by atoms with Crippen molar-refractivity contribution in [1.29, 1.82) is 5.26 Å². The lowest BCUT2D eigenvalue weighted by atomic mass is 9.91. The molecule has 2 aromatic rings. The zero-order valence-electron chi connectivity index (χ0n) is 18.2. The van der Waals surface area contributed by atoms with Gasteiger partial charge in [-0.25, -0.2) is 4.79 Å². The van der Waals surface area contributed by atoms with Crippen molar-refractivity contribution in [2.75, 3.05) is 23.4 Å². The van der Waals surface area contributed by atoms with E-state index >= 15 is 0 Å². The average Bonchev–Trinajstić information content (AvgIpc) is 3.00. The van der Waals surface area contributed by atoms with Crippen LogP contribution in [0.2, 0.25) is 0 Å². The molecule has 0 aromatic heterocycles. The highest BCUT2D eigenvalue weighted by molar-refractivity contribution is 5.86. The lowest BCUT2D eigenvalue weighted by Crippen LogP contribution is -2.27. The maximum absolute atomic E-state index is 12.2. The molecule has 0 spiro atoms. The van der Waals surface area contributed by atoms with Gasteiger partial charge in [0.25, 0.3) is 0 Å². The Balaban J connectivity index is 1.90. The van der Waals surface area contributed by atoms with Gasteiger partial charge in [-0.1, -0.05) is 18.2 Å². The summed E-state index contributed by atoms with van der Waals surface area (Å²) < 4.78 is 10.9. The molecule has 2 atom stereocenters. The number of fused-ring (bicyclic) bond motifs is 1. The minimum Gasteiger partial charge on any atom is -0.494 e. The summed E-state index contributed by atoms with van der Waals surface area (Å²) >= 11 is 0. The van der Waals surface area contributed by atoms with Gasteiger partial charge in [0.15, 0.2) is 0 Å². The van der Waals surface area contributed by atoms with Gasteiger partial charge in [-0.3, -0.25) is 5.32 Å². The van der Waals surface area contributed by atoms with Gasteiger partial charge in [0.1, 0.15) is 11.4 Å². The summed E-state index contributed by atoms with van der Waals surface area (Å²) in [7, 11) is 0. The predicted octanol–water partition coefficient (Wildman–Crippen LogP) is 5.62. The third-order valence-corrected chi connectivity index (χ3v) is 4.98. The summed E-state index contributed by atoms with van der Waals surface area (Å²) in [6, 6.07) is 16.0. The van der Waals surface area contributed by atoms with Gasteiger partial charge in [-0.05, 0) is 70.0 Å². The Morgan fingerprint density at radius 1 is 1.17 bits per heavy atom. The van der Waals surface area contributed by atoms with Crippen molar-refractivity contribution >= 4 is 17.5 Å². The number of ether oxygens (including phenoxy) is 2. The van der Waals surface area contributed by atoms with Crippen molar-refractivity contribution in [2.45, 2.75) is 52.2 Å². The first kappa shape index (κ1) is 21.5. The van der Waals surface area contributed by atoms with E-state index in [1.54, 1.807) is 0 Å². The van der Waals surface area contributed by atoms with Crippen molar-refractivity contribution in [2.24, 2.45) is 0 Å². The van der Waals surface area contributed by atoms with Gasteiger partial charge in [0.05, 0.1) is 24.6 Å². The largest absolute Gasteiger partial charge is 0.494 e. The molecular weight excluding hydrogens is 378 g/mol. The van der Waals surface area contributed by atoms with Crippen LogP contribution in [0.15, 0.2) is 42.5 Å². The van der Waals surface area contributed by atoms with Gasteiger partial charge in [-0.2, -0.15) is 5.26 Å². The Kier molecular flexibility index (Phi) is 6.21. The molecule has 0 saturated heterocycles. The zero-order chi connectivity index (χ0) is 21.9. The first-order chi connectivity index (χ1) is 14.3. The zero-order valence-corrected chi connectivity index (χ0v) is 18.2. The smallest absolute Gasteiger partial charge is 0.412 e. The van der Waals surface area contributed by atoms with Gasteiger partial charge in [-0.15, -0.1) is 0 Å². The first-order valence-corrected chi connectivity index (χ1v) is 10.3. The standard InChI is InChI=1S/C24H29N3O3/c1-6-27-21-14-17(26-23(28)30-24(3,4)5)10-13-19(21)20(15-25)22(27)16-8-11-18(12-9-16)29-7-2/h8-14,20,22H,6-7H2,1-5H3,(H,26,28). The molecule has 1 amide bonds. The molecule has 30 heavy (non-hydrogen) atoms. The number of rotatable bonds is 5. The SMILES string of the molecule is CCOc1ccc(C2C(C#N)c3ccc(NC(=O)OC(C)(C)C)cc3N2CC)cc1. The second-order valence-electron chi connectivity index (χ2n) is 8.24. The van der Waals surface area contributed by atoms with Gasteiger partial charge in [0.2, 0.25) is 0 Å². The molecule has 6 heteroatoms. The molecule has 158 valence electrons. The second kappa shape index (κ2) is 8.66. The molecule has 0 bridgehead atoms. The van der Waals surface area contributed by atoms with E-state index in [4.69, 9.17) is 9.47 Å². The fourth-order valence-electron chi connectivity index (χ4n) is 3.86. The Morgan fingerprint density at radius 2 is 1.87 bits per heavy atom. The number of nitriles is 1. The molecule has 0 radical (unpaired) electrons. The number of hydrogen-bond donors (Lipinski definition) is 1. The molecule has 1 N–H and O–H groups in total. The fourth-order valence-corrected chi connectivity index (χ4v) is 3.86. The molecule has 2 aromatic carbocycles. The summed E-state index contributed by atoms with van der Waals surface area (Å²) in [4.78, 5) is 14.4. The van der Waals surface area contributed by atoms with Crippen LogP contribution in [0.5, 0.6) is 5.75 Å². The van der Waals surface area contributed by atoms with E-state index in [-0.39, 0.29) is 12.0 Å². The second-order valence-corrected chi connectivity index (χ2v) is 8.24. The van der Waals surface area contributed by atoms with Crippen LogP contribution >= 0.6 is 0 Å². The summed E-state index contributed by atoms with van der Waals surface area (Å²) in [5, 5.41) is 12.7. The number of benzene rings is 2. The topological polar surface area (TPSA) is 74.6 Å². The molecule has 1 aliphatic heterocycles. The van der Waals surface area contributed by atoms with E-state index in [0.717, 1.165) is 29.1 Å². The van der Waals surface area contributed by atoms with Gasteiger partial charge >= 0.3 is 6.09 Å². The molecular formula is C24H29N3O3. The number of nitrogens with one attached hydrogen (secondary N) is 1. The maximum Gasteiger partial charge on any atom is 0.412 e. The van der Waals surface area contributed by atoms with E-state index in [0.29, 0.717) is 12.3 Å². The van der Waals surface area contributed by atoms with Crippen molar-refractivity contribution < 1.29 is 14.3 Å². The number of hydrogen-bond acceptors (Lipinski definition) is 5. The van der Waals surface area contributed by atoms with E-state index < -0.39 is 11.7 Å². The third-order valence-electron chi connectivity index (χ3n) is 4.98. The van der Waals surface area contributed by atoms with E-state index in [1.807, 2.05) is 70.2 Å². The van der Waals surface area contributed by atoms with Crippen LogP contribution in [0.3, 0.4) is 0 Å². The number of carbonyl (C=O) groups is 1. The van der Waals surface area contributed by atoms with Crippen LogP contribution in [-0.2, 0) is 4.74 Å². The number of nitrogens with zero attached hydrogens (tertiary/aromatic N) is 2. The predicted molar refractivity (Wildman–Crippen MR) is 118 cm³/mol. The lowest BCUT2D eigenvalue weighted by Gasteiger charge is -2.28. The molecule has 2 unspecified atom stereocenters. The number of anilines is 2. The van der Waals surface area contributed by atoms with Crippen molar-refractivity contribution in [3.05, 3.63) is 53.6 Å². The Bertz CT molecular complexity index is 942. The summed E-state index contributed by atoms with van der Waals surface area (Å²) in [5.41, 5.74) is 3.06. The van der Waals surface area contributed by atoms with Crippen molar-refractivity contribution in [1.82, 2.24) is 0 Å². The van der Waals surface area contributed by atoms with Crippen molar-refractivity contribution in [3.8, 4) is 11.8 Å². The van der Waals surface area contributed by atoms with Crippen LogP contribution in [-0.4, -0.2) is 24.8 Å². The van der Waals surface area contributed by atoms with Crippen LogP contribution in [0.25, 0.3) is 0 Å². The Labute approximate surface area is 178 Å². The maximum atomic E-state index is 12.2. The normalized spacial score (nSPS) is 17.8. The number of likely N-dealkylation sites (N-methyl/N-ethyl adjacent to an activating group) is 1. The molecule has 6 nitrogen and oxygen atoms in total. The highest BCUT2D eigenvalue weighted by Crippen LogP contribution is 2.49. The Hall–Kier alpha value is -3.20. The van der Waals surface area contributed by atoms with E-state index in [9.17, 15) is 10.1 Å². The summed E-state index contributed by atoms with van der Waals surface area (Å²) in [6.45, 7) is 10.9. The number of carbonyl (C=O) groups excluding carboxylic acids is 1. The van der Waals surface area contributed by atoms with E-state index in [1.165, 1.54) is 0 Å². The molecule has 0 aliphatic carbocycles. The average molecular weight is 408 g/mol. The molecule has 1 heterocycles. The molecule has 3 rings (SSSR count). The summed E-state index contributed by atoms with van der Waals surface area (Å²) in [6.07, 6.45) is -0.497. The van der Waals surface area contributed by atoms with Gasteiger partial charge in [0, 0.05) is 17.9 Å². The highest BCUT2D eigenvalue weighted by atomic mass is 16.6. The minimum absolute atomic E-state index is 0.0950. The van der Waals surface area contributed by atoms with E-state index in [2.05, 4.69) is 23.2 Å². The third kappa shape index (κ3) is 4.51. The van der Waals surface area contributed by atoms with Crippen LogP contribution < -0.4 is 15.0 Å². The lowest BCUT2D eigenvalue weighted by molar-refractivity contribution is 0.0636. The monoisotopic (exact) mass is 407 g/mol. The quantitative estimate of drug-likeness (QED) is 0.696. The number of amides is 1. The summed E-state index contributed by atoms with van der Waals surface area (Å²) in [5.74, 6) is 0.519. The van der Waals surface area contributed by atoms with Crippen LogP contribution in [0, 0.1) is 11.3 Å². The fraction of sp³-hybridized carbons (Fsp3) is 0.417.